The normalized spacial score (nSPS) is 18.0. The lowest BCUT2D eigenvalue weighted by Crippen LogP contribution is -2.48. The molecule has 0 aliphatic carbocycles. The SMILES string of the molecule is C=CC(Cl)C(OCc1ccccc1)C(=O)N1CCOCC1. The Hall–Kier alpha value is -1.36. The van der Waals surface area contributed by atoms with Crippen LogP contribution in [0, 0.1) is 0 Å². The number of halogens is 1. The number of rotatable bonds is 6. The molecule has 21 heavy (non-hydrogen) atoms. The lowest BCUT2D eigenvalue weighted by atomic mass is 10.2. The number of hydrogen-bond acceptors (Lipinski definition) is 3. The first-order valence-corrected chi connectivity index (χ1v) is 7.44. The summed E-state index contributed by atoms with van der Waals surface area (Å²) in [6.45, 7) is 6.26. The summed E-state index contributed by atoms with van der Waals surface area (Å²) in [5.41, 5.74) is 1.00. The third-order valence-electron chi connectivity index (χ3n) is 3.35. The molecule has 1 aliphatic rings. The highest BCUT2D eigenvalue weighted by Crippen LogP contribution is 2.15. The number of carbonyl (C=O) groups is 1. The van der Waals surface area contributed by atoms with Gasteiger partial charge in [-0.15, -0.1) is 18.2 Å². The molecule has 0 bridgehead atoms. The third-order valence-corrected chi connectivity index (χ3v) is 3.76. The Bertz CT molecular complexity index is 460. The van der Waals surface area contributed by atoms with Crippen LogP contribution in [0.15, 0.2) is 43.0 Å². The predicted octanol–water partition coefficient (Wildman–Crippen LogP) is 2.22. The van der Waals surface area contributed by atoms with Crippen molar-refractivity contribution in [2.75, 3.05) is 26.3 Å². The molecule has 1 aliphatic heterocycles. The standard InChI is InChI=1S/C16H20ClNO3/c1-2-14(17)15(16(19)18-8-10-20-11-9-18)21-12-13-6-4-3-5-7-13/h2-7,14-15H,1,8-12H2. The van der Waals surface area contributed by atoms with E-state index in [9.17, 15) is 4.79 Å². The molecule has 1 aromatic carbocycles. The van der Waals surface area contributed by atoms with Gasteiger partial charge in [0.1, 0.15) is 0 Å². The molecular weight excluding hydrogens is 290 g/mol. The van der Waals surface area contributed by atoms with Gasteiger partial charge in [0.05, 0.1) is 25.2 Å². The lowest BCUT2D eigenvalue weighted by Gasteiger charge is -2.31. The molecule has 5 heteroatoms. The van der Waals surface area contributed by atoms with Gasteiger partial charge >= 0.3 is 0 Å². The highest BCUT2D eigenvalue weighted by molar-refractivity contribution is 6.23. The number of alkyl halides is 1. The Kier molecular flexibility index (Phi) is 6.23. The molecule has 0 N–H and O–H groups in total. The van der Waals surface area contributed by atoms with Crippen molar-refractivity contribution in [3.8, 4) is 0 Å². The molecule has 0 radical (unpaired) electrons. The summed E-state index contributed by atoms with van der Waals surface area (Å²) in [6, 6.07) is 9.71. The molecule has 1 heterocycles. The van der Waals surface area contributed by atoms with Crippen molar-refractivity contribution in [1.82, 2.24) is 4.90 Å². The number of hydrogen-bond donors (Lipinski definition) is 0. The van der Waals surface area contributed by atoms with Crippen LogP contribution in [-0.2, 0) is 20.9 Å². The molecule has 0 saturated carbocycles. The Balaban J connectivity index is 1.99. The molecule has 1 fully saturated rings. The number of amides is 1. The van der Waals surface area contributed by atoms with Gasteiger partial charge in [0.2, 0.25) is 0 Å². The van der Waals surface area contributed by atoms with E-state index in [0.29, 0.717) is 32.9 Å². The number of benzene rings is 1. The molecule has 1 amide bonds. The van der Waals surface area contributed by atoms with Crippen molar-refractivity contribution in [1.29, 1.82) is 0 Å². The Morgan fingerprint density at radius 2 is 2.05 bits per heavy atom. The monoisotopic (exact) mass is 309 g/mol. The van der Waals surface area contributed by atoms with E-state index in [1.807, 2.05) is 30.3 Å². The van der Waals surface area contributed by atoms with Crippen molar-refractivity contribution in [2.45, 2.75) is 18.1 Å². The molecular formula is C16H20ClNO3. The topological polar surface area (TPSA) is 38.8 Å². The minimum Gasteiger partial charge on any atom is -0.378 e. The zero-order chi connectivity index (χ0) is 15.1. The van der Waals surface area contributed by atoms with Crippen LogP contribution in [-0.4, -0.2) is 48.6 Å². The summed E-state index contributed by atoms with van der Waals surface area (Å²) in [6.07, 6.45) is 0.817. The first-order valence-electron chi connectivity index (χ1n) is 7.01. The maximum Gasteiger partial charge on any atom is 0.253 e. The quantitative estimate of drug-likeness (QED) is 0.597. The summed E-state index contributed by atoms with van der Waals surface area (Å²) in [7, 11) is 0. The van der Waals surface area contributed by atoms with Gasteiger partial charge in [-0.1, -0.05) is 36.4 Å². The van der Waals surface area contributed by atoms with Crippen molar-refractivity contribution in [3.63, 3.8) is 0 Å². The zero-order valence-corrected chi connectivity index (χ0v) is 12.7. The summed E-state index contributed by atoms with van der Waals surface area (Å²) in [5, 5.41) is -0.552. The average Bonchev–Trinajstić information content (AvgIpc) is 2.56. The Labute approximate surface area is 130 Å². The smallest absolute Gasteiger partial charge is 0.253 e. The van der Waals surface area contributed by atoms with Crippen LogP contribution < -0.4 is 0 Å². The zero-order valence-electron chi connectivity index (χ0n) is 11.9. The second-order valence-electron chi connectivity index (χ2n) is 4.83. The van der Waals surface area contributed by atoms with Crippen LogP contribution in [0.4, 0.5) is 0 Å². The summed E-state index contributed by atoms with van der Waals surface area (Å²) in [4.78, 5) is 14.3. The van der Waals surface area contributed by atoms with Gasteiger partial charge in [0.25, 0.3) is 5.91 Å². The van der Waals surface area contributed by atoms with Crippen LogP contribution in [0.1, 0.15) is 5.56 Å². The van der Waals surface area contributed by atoms with Gasteiger partial charge in [0, 0.05) is 13.1 Å². The maximum atomic E-state index is 12.5. The molecule has 1 aromatic rings. The van der Waals surface area contributed by atoms with Crippen molar-refractivity contribution in [2.24, 2.45) is 0 Å². The molecule has 114 valence electrons. The molecule has 0 aromatic heterocycles. The van der Waals surface area contributed by atoms with E-state index < -0.39 is 11.5 Å². The van der Waals surface area contributed by atoms with Gasteiger partial charge in [-0.2, -0.15) is 0 Å². The third kappa shape index (κ3) is 4.56. The van der Waals surface area contributed by atoms with Gasteiger partial charge in [0.15, 0.2) is 6.10 Å². The first-order chi connectivity index (χ1) is 10.2. The maximum absolute atomic E-state index is 12.5. The van der Waals surface area contributed by atoms with Crippen LogP contribution in [0.25, 0.3) is 0 Å². The van der Waals surface area contributed by atoms with Gasteiger partial charge in [-0.25, -0.2) is 0 Å². The molecule has 2 unspecified atom stereocenters. The predicted molar refractivity (Wildman–Crippen MR) is 82.3 cm³/mol. The fraction of sp³-hybridized carbons (Fsp3) is 0.438. The van der Waals surface area contributed by atoms with E-state index in [1.165, 1.54) is 6.08 Å². The summed E-state index contributed by atoms with van der Waals surface area (Å²) >= 11 is 6.19. The molecule has 2 atom stereocenters. The van der Waals surface area contributed by atoms with Gasteiger partial charge < -0.3 is 14.4 Å². The van der Waals surface area contributed by atoms with E-state index in [2.05, 4.69) is 6.58 Å². The fourth-order valence-corrected chi connectivity index (χ4v) is 2.33. The molecule has 0 spiro atoms. The first kappa shape index (κ1) is 16.0. The van der Waals surface area contributed by atoms with E-state index in [4.69, 9.17) is 21.1 Å². The highest BCUT2D eigenvalue weighted by atomic mass is 35.5. The van der Waals surface area contributed by atoms with Crippen LogP contribution in [0.5, 0.6) is 0 Å². The summed E-state index contributed by atoms with van der Waals surface area (Å²) in [5.74, 6) is -0.103. The Morgan fingerprint density at radius 3 is 2.67 bits per heavy atom. The van der Waals surface area contributed by atoms with Crippen LogP contribution in [0.2, 0.25) is 0 Å². The van der Waals surface area contributed by atoms with E-state index in [0.717, 1.165) is 5.56 Å². The Morgan fingerprint density at radius 1 is 1.38 bits per heavy atom. The van der Waals surface area contributed by atoms with Crippen molar-refractivity contribution < 1.29 is 14.3 Å². The lowest BCUT2D eigenvalue weighted by molar-refractivity contribution is -0.148. The minimum absolute atomic E-state index is 0.103. The number of nitrogens with zero attached hydrogens (tertiary/aromatic N) is 1. The van der Waals surface area contributed by atoms with E-state index in [1.54, 1.807) is 4.90 Å². The van der Waals surface area contributed by atoms with Crippen molar-refractivity contribution in [3.05, 3.63) is 48.6 Å². The van der Waals surface area contributed by atoms with E-state index >= 15 is 0 Å². The number of carbonyl (C=O) groups excluding carboxylic acids is 1. The van der Waals surface area contributed by atoms with E-state index in [-0.39, 0.29) is 5.91 Å². The molecule has 4 nitrogen and oxygen atoms in total. The number of ether oxygens (including phenoxy) is 2. The molecule has 2 rings (SSSR count). The second kappa shape index (κ2) is 8.17. The van der Waals surface area contributed by atoms with Gasteiger partial charge in [-0.3, -0.25) is 4.79 Å². The minimum atomic E-state index is -0.720. The van der Waals surface area contributed by atoms with Gasteiger partial charge in [-0.05, 0) is 5.56 Å². The second-order valence-corrected chi connectivity index (χ2v) is 5.34. The van der Waals surface area contributed by atoms with Crippen LogP contribution in [0.3, 0.4) is 0 Å². The van der Waals surface area contributed by atoms with Crippen molar-refractivity contribution >= 4 is 17.5 Å². The average molecular weight is 310 g/mol. The number of morpholine rings is 1. The van der Waals surface area contributed by atoms with Crippen LogP contribution >= 0.6 is 11.6 Å². The largest absolute Gasteiger partial charge is 0.378 e. The highest BCUT2D eigenvalue weighted by Gasteiger charge is 2.31. The summed E-state index contributed by atoms with van der Waals surface area (Å²) < 4.78 is 11.0. The molecule has 1 saturated heterocycles. The fourth-order valence-electron chi connectivity index (χ4n) is 2.15.